The topological polar surface area (TPSA) is 50.7 Å². The highest BCUT2D eigenvalue weighted by Gasteiger charge is 2.48. The molecule has 27 heavy (non-hydrogen) atoms. The number of aromatic nitrogens is 3. The van der Waals surface area contributed by atoms with Crippen molar-refractivity contribution in [2.45, 2.75) is 24.4 Å². The van der Waals surface area contributed by atoms with Crippen LogP contribution >= 0.6 is 38.9 Å². The lowest BCUT2D eigenvalue weighted by Gasteiger charge is -2.43. The average molecular weight is 472 g/mol. The Morgan fingerprint density at radius 1 is 1.30 bits per heavy atom. The minimum atomic E-state index is -0.946. The number of nitrogens with one attached hydrogen (secondary N) is 1. The van der Waals surface area contributed by atoms with E-state index in [0.717, 1.165) is 10.0 Å². The maximum atomic E-state index is 14.2. The minimum Gasteiger partial charge on any atom is -0.359 e. The van der Waals surface area contributed by atoms with Crippen molar-refractivity contribution < 1.29 is 8.78 Å². The second-order valence-corrected chi connectivity index (χ2v) is 8.81. The van der Waals surface area contributed by atoms with E-state index in [1.807, 2.05) is 12.1 Å². The molecule has 0 saturated heterocycles. The number of anilines is 1. The molecule has 0 bridgehead atoms. The standard InChI is InChI=1S/C18H14BrClF2N4S/c19-10-3-4-13(20)12(6-10)16-25-26-17(27-16)24-9-18(7-11(21)8-18)15-14(22)2-1-5-23-15/h1-6,11H,7-9H2,(H,24,26)/t11-,18-. The molecule has 9 heteroatoms. The van der Waals surface area contributed by atoms with Crippen LogP contribution < -0.4 is 5.32 Å². The molecule has 1 fully saturated rings. The van der Waals surface area contributed by atoms with E-state index in [4.69, 9.17) is 11.6 Å². The van der Waals surface area contributed by atoms with Gasteiger partial charge in [0.2, 0.25) is 5.13 Å². The lowest BCUT2D eigenvalue weighted by Crippen LogP contribution is -2.48. The van der Waals surface area contributed by atoms with Crippen molar-refractivity contribution in [3.05, 3.63) is 57.5 Å². The van der Waals surface area contributed by atoms with E-state index in [2.05, 4.69) is 36.4 Å². The van der Waals surface area contributed by atoms with E-state index in [-0.39, 0.29) is 12.8 Å². The SMILES string of the molecule is Fc1cccnc1[C@]1(CNc2nnc(-c3cc(Br)ccc3Cl)s2)C[C@@H](F)C1. The first kappa shape index (κ1) is 18.7. The summed E-state index contributed by atoms with van der Waals surface area (Å²) in [6, 6.07) is 8.39. The van der Waals surface area contributed by atoms with Gasteiger partial charge in [0.15, 0.2) is 5.01 Å². The second kappa shape index (κ2) is 7.41. The number of pyridine rings is 1. The summed E-state index contributed by atoms with van der Waals surface area (Å²) in [5, 5.41) is 13.3. The normalized spacial score (nSPS) is 21.7. The summed E-state index contributed by atoms with van der Waals surface area (Å²) in [5.74, 6) is -0.412. The molecular weight excluding hydrogens is 458 g/mol. The van der Waals surface area contributed by atoms with Gasteiger partial charge >= 0.3 is 0 Å². The third kappa shape index (κ3) is 3.70. The van der Waals surface area contributed by atoms with Crippen molar-refractivity contribution in [3.63, 3.8) is 0 Å². The van der Waals surface area contributed by atoms with Crippen molar-refractivity contribution >= 4 is 44.0 Å². The summed E-state index contributed by atoms with van der Waals surface area (Å²) in [4.78, 5) is 4.16. The average Bonchev–Trinajstić information content (AvgIpc) is 3.09. The van der Waals surface area contributed by atoms with Crippen LogP contribution in [0.4, 0.5) is 13.9 Å². The fraction of sp³-hybridized carbons (Fsp3) is 0.278. The zero-order valence-corrected chi connectivity index (χ0v) is 17.1. The maximum absolute atomic E-state index is 14.2. The molecule has 1 saturated carbocycles. The first-order valence-electron chi connectivity index (χ1n) is 8.25. The van der Waals surface area contributed by atoms with E-state index in [9.17, 15) is 8.78 Å². The van der Waals surface area contributed by atoms with E-state index >= 15 is 0 Å². The molecular formula is C18H14BrClF2N4S. The van der Waals surface area contributed by atoms with Crippen molar-refractivity contribution in [2.24, 2.45) is 0 Å². The van der Waals surface area contributed by atoms with Crippen LogP contribution in [-0.2, 0) is 5.41 Å². The number of rotatable bonds is 5. The summed E-state index contributed by atoms with van der Waals surface area (Å²) in [7, 11) is 0. The Labute approximate surface area is 172 Å². The van der Waals surface area contributed by atoms with Crippen molar-refractivity contribution in [1.29, 1.82) is 0 Å². The van der Waals surface area contributed by atoms with E-state index in [1.165, 1.54) is 29.7 Å². The second-order valence-electron chi connectivity index (χ2n) is 6.51. The van der Waals surface area contributed by atoms with Gasteiger partial charge in [-0.25, -0.2) is 8.78 Å². The fourth-order valence-corrected chi connectivity index (χ4v) is 4.69. The van der Waals surface area contributed by atoms with Gasteiger partial charge in [-0.15, -0.1) is 10.2 Å². The molecule has 0 atom stereocenters. The summed E-state index contributed by atoms with van der Waals surface area (Å²) >= 11 is 11.0. The maximum Gasteiger partial charge on any atom is 0.206 e. The van der Waals surface area contributed by atoms with Crippen molar-refractivity contribution in [2.75, 3.05) is 11.9 Å². The molecule has 4 rings (SSSR count). The first-order chi connectivity index (χ1) is 13.0. The van der Waals surface area contributed by atoms with Crippen LogP contribution in [0.1, 0.15) is 18.5 Å². The largest absolute Gasteiger partial charge is 0.359 e. The highest BCUT2D eigenvalue weighted by molar-refractivity contribution is 9.10. The predicted molar refractivity (Wildman–Crippen MR) is 107 cm³/mol. The van der Waals surface area contributed by atoms with Crippen molar-refractivity contribution in [1.82, 2.24) is 15.2 Å². The van der Waals surface area contributed by atoms with Crippen LogP contribution in [0.2, 0.25) is 5.02 Å². The Bertz CT molecular complexity index is 978. The van der Waals surface area contributed by atoms with Crippen LogP contribution in [0.3, 0.4) is 0 Å². The number of hydrogen-bond acceptors (Lipinski definition) is 5. The van der Waals surface area contributed by atoms with Crippen LogP contribution in [0, 0.1) is 5.82 Å². The molecule has 2 aromatic heterocycles. The third-order valence-electron chi connectivity index (χ3n) is 4.65. The Kier molecular flexibility index (Phi) is 5.13. The molecule has 2 heterocycles. The molecule has 0 radical (unpaired) electrons. The van der Waals surface area contributed by atoms with Gasteiger partial charge in [0.25, 0.3) is 0 Å². The van der Waals surface area contributed by atoms with Gasteiger partial charge in [0.1, 0.15) is 12.0 Å². The predicted octanol–water partition coefficient (Wildman–Crippen LogP) is 5.64. The summed E-state index contributed by atoms with van der Waals surface area (Å²) in [5.41, 5.74) is 0.394. The van der Waals surface area contributed by atoms with Gasteiger partial charge < -0.3 is 5.32 Å². The monoisotopic (exact) mass is 470 g/mol. The van der Waals surface area contributed by atoms with Gasteiger partial charge in [0.05, 0.1) is 10.7 Å². The molecule has 0 spiro atoms. The van der Waals surface area contributed by atoms with Gasteiger partial charge in [-0.2, -0.15) is 0 Å². The highest BCUT2D eigenvalue weighted by atomic mass is 79.9. The molecule has 1 aromatic carbocycles. The Hall–Kier alpha value is -1.64. The third-order valence-corrected chi connectivity index (χ3v) is 6.38. The van der Waals surface area contributed by atoms with E-state index in [1.54, 1.807) is 6.07 Å². The number of nitrogens with zero attached hydrogens (tertiary/aromatic N) is 3. The van der Waals surface area contributed by atoms with Gasteiger partial charge in [-0.05, 0) is 43.2 Å². The molecule has 0 aliphatic heterocycles. The summed E-state index contributed by atoms with van der Waals surface area (Å²) in [6.07, 6.45) is 1.05. The van der Waals surface area contributed by atoms with Crippen LogP contribution in [0.15, 0.2) is 41.0 Å². The minimum absolute atomic E-state index is 0.233. The summed E-state index contributed by atoms with van der Waals surface area (Å²) < 4.78 is 28.7. The van der Waals surface area contributed by atoms with Gasteiger partial charge in [0, 0.05) is 28.2 Å². The van der Waals surface area contributed by atoms with Crippen LogP contribution in [-0.4, -0.2) is 27.9 Å². The van der Waals surface area contributed by atoms with E-state index < -0.39 is 17.4 Å². The molecule has 1 N–H and O–H groups in total. The molecule has 3 aromatic rings. The van der Waals surface area contributed by atoms with Gasteiger partial charge in [-0.3, -0.25) is 4.98 Å². The Balaban J connectivity index is 1.54. The number of hydrogen-bond donors (Lipinski definition) is 1. The summed E-state index contributed by atoms with van der Waals surface area (Å²) in [6.45, 7) is 0.336. The Morgan fingerprint density at radius 2 is 2.11 bits per heavy atom. The lowest BCUT2D eigenvalue weighted by molar-refractivity contribution is 0.0965. The van der Waals surface area contributed by atoms with Crippen molar-refractivity contribution in [3.8, 4) is 10.6 Å². The van der Waals surface area contributed by atoms with Crippen LogP contribution in [0.25, 0.3) is 10.6 Å². The molecule has 4 nitrogen and oxygen atoms in total. The Morgan fingerprint density at radius 3 is 2.85 bits per heavy atom. The zero-order chi connectivity index (χ0) is 19.0. The van der Waals surface area contributed by atoms with Crippen LogP contribution in [0.5, 0.6) is 0 Å². The van der Waals surface area contributed by atoms with E-state index in [0.29, 0.717) is 27.4 Å². The molecule has 1 aliphatic carbocycles. The zero-order valence-electron chi connectivity index (χ0n) is 13.9. The quantitative estimate of drug-likeness (QED) is 0.523. The first-order valence-corrected chi connectivity index (χ1v) is 10.2. The molecule has 1 aliphatic rings. The number of halogens is 4. The number of alkyl halides is 1. The molecule has 140 valence electrons. The fourth-order valence-electron chi connectivity index (χ4n) is 3.30. The molecule has 0 amide bonds. The number of benzene rings is 1. The lowest BCUT2D eigenvalue weighted by atomic mass is 9.65. The molecule has 0 unspecified atom stereocenters. The smallest absolute Gasteiger partial charge is 0.206 e. The van der Waals surface area contributed by atoms with Gasteiger partial charge in [-0.1, -0.05) is 38.9 Å². The highest BCUT2D eigenvalue weighted by Crippen LogP contribution is 2.46.